The maximum atomic E-state index is 13.6. The summed E-state index contributed by atoms with van der Waals surface area (Å²) < 4.78 is 13.6. The molecule has 1 aromatic rings. The quantitative estimate of drug-likeness (QED) is 0.450. The van der Waals surface area contributed by atoms with Gasteiger partial charge in [-0.05, 0) is 69.8 Å². The van der Waals surface area contributed by atoms with Crippen LogP contribution in [0.3, 0.4) is 0 Å². The predicted molar refractivity (Wildman–Crippen MR) is 103 cm³/mol. The molecule has 5 heteroatoms. The lowest BCUT2D eigenvalue weighted by molar-refractivity contribution is 0.158. The Bertz CT molecular complexity index is 559. The van der Waals surface area contributed by atoms with E-state index in [9.17, 15) is 4.39 Å². The molecule has 4 nitrogen and oxygen atoms in total. The summed E-state index contributed by atoms with van der Waals surface area (Å²) >= 11 is 0. The number of nitrogens with zero attached hydrogens (tertiary/aromatic N) is 2. The van der Waals surface area contributed by atoms with Crippen molar-refractivity contribution in [3.05, 3.63) is 35.1 Å². The number of piperidine rings is 1. The second kappa shape index (κ2) is 10.4. The average Bonchev–Trinajstić information content (AvgIpc) is 2.61. The van der Waals surface area contributed by atoms with Crippen LogP contribution < -0.4 is 10.6 Å². The topological polar surface area (TPSA) is 39.7 Å². The van der Waals surface area contributed by atoms with Crippen LogP contribution in [0.4, 0.5) is 4.39 Å². The van der Waals surface area contributed by atoms with Crippen molar-refractivity contribution in [3.63, 3.8) is 0 Å². The molecule has 2 rings (SSSR count). The lowest BCUT2D eigenvalue weighted by atomic mass is 10.0. The van der Waals surface area contributed by atoms with Crippen molar-refractivity contribution in [3.8, 4) is 0 Å². The summed E-state index contributed by atoms with van der Waals surface area (Å²) in [6.45, 7) is 8.05. The summed E-state index contributed by atoms with van der Waals surface area (Å²) in [5, 5.41) is 6.58. The Morgan fingerprint density at radius 1 is 1.28 bits per heavy atom. The van der Waals surface area contributed by atoms with Crippen molar-refractivity contribution in [2.75, 3.05) is 26.7 Å². The first-order valence-electron chi connectivity index (χ1n) is 9.53. The van der Waals surface area contributed by atoms with Gasteiger partial charge in [0.1, 0.15) is 5.82 Å². The molecular formula is C20H33FN4. The molecule has 0 spiro atoms. The van der Waals surface area contributed by atoms with E-state index in [0.717, 1.165) is 30.5 Å². The second-order valence-electron chi connectivity index (χ2n) is 7.02. The maximum absolute atomic E-state index is 13.6. The summed E-state index contributed by atoms with van der Waals surface area (Å²) in [5.41, 5.74) is 1.60. The van der Waals surface area contributed by atoms with Crippen molar-refractivity contribution in [2.45, 2.75) is 58.5 Å². The largest absolute Gasteiger partial charge is 0.356 e. The third-order valence-electron chi connectivity index (χ3n) is 5.02. The molecule has 25 heavy (non-hydrogen) atoms. The molecule has 140 valence electrons. The molecule has 1 atom stereocenters. The number of aliphatic imine (C=N–C) groups is 1. The van der Waals surface area contributed by atoms with Gasteiger partial charge >= 0.3 is 0 Å². The van der Waals surface area contributed by atoms with Gasteiger partial charge in [0.15, 0.2) is 5.96 Å². The summed E-state index contributed by atoms with van der Waals surface area (Å²) in [7, 11) is 1.76. The monoisotopic (exact) mass is 348 g/mol. The zero-order valence-corrected chi connectivity index (χ0v) is 15.9. The van der Waals surface area contributed by atoms with Crippen LogP contribution >= 0.6 is 0 Å². The van der Waals surface area contributed by atoms with E-state index in [1.54, 1.807) is 20.0 Å². The summed E-state index contributed by atoms with van der Waals surface area (Å²) in [5.74, 6) is 0.613. The number of rotatable bonds is 7. The summed E-state index contributed by atoms with van der Waals surface area (Å²) in [6.07, 6.45) is 6.40. The maximum Gasteiger partial charge on any atom is 0.191 e. The minimum Gasteiger partial charge on any atom is -0.356 e. The number of unbranched alkanes of at least 4 members (excludes halogenated alkanes) is 1. The van der Waals surface area contributed by atoms with Crippen LogP contribution in [0.5, 0.6) is 0 Å². The van der Waals surface area contributed by atoms with Gasteiger partial charge in [-0.1, -0.05) is 18.6 Å². The minimum atomic E-state index is -0.158. The van der Waals surface area contributed by atoms with Gasteiger partial charge < -0.3 is 15.5 Å². The molecule has 0 aromatic heterocycles. The Balaban J connectivity index is 1.62. The standard InChI is InChI=1S/C20H33FN4/c1-16-9-10-18(14-19(16)21)15-24-20(22-3)23-11-5-7-13-25-12-6-4-8-17(25)2/h9-10,14,17H,4-8,11-13,15H2,1-3H3,(H2,22,23,24). The smallest absolute Gasteiger partial charge is 0.191 e. The Kier molecular flexibility index (Phi) is 8.19. The third-order valence-corrected chi connectivity index (χ3v) is 5.02. The van der Waals surface area contributed by atoms with E-state index < -0.39 is 0 Å². The molecule has 0 saturated carbocycles. The molecule has 1 heterocycles. The normalized spacial score (nSPS) is 19.0. The van der Waals surface area contributed by atoms with E-state index in [4.69, 9.17) is 0 Å². The molecular weight excluding hydrogens is 315 g/mol. The molecule has 1 aliphatic rings. The van der Waals surface area contributed by atoms with Crippen LogP contribution in [0.2, 0.25) is 0 Å². The number of hydrogen-bond donors (Lipinski definition) is 2. The highest BCUT2D eigenvalue weighted by atomic mass is 19.1. The van der Waals surface area contributed by atoms with Gasteiger partial charge in [-0.25, -0.2) is 4.39 Å². The van der Waals surface area contributed by atoms with E-state index in [1.807, 2.05) is 12.1 Å². The van der Waals surface area contributed by atoms with E-state index >= 15 is 0 Å². The molecule has 0 aliphatic carbocycles. The predicted octanol–water partition coefficient (Wildman–Crippen LogP) is 3.45. The van der Waals surface area contributed by atoms with E-state index in [0.29, 0.717) is 12.1 Å². The number of guanidine groups is 1. The SMILES string of the molecule is CN=C(NCCCCN1CCCCC1C)NCc1ccc(C)c(F)c1. The first-order chi connectivity index (χ1) is 12.1. The van der Waals surface area contributed by atoms with Crippen molar-refractivity contribution in [1.29, 1.82) is 0 Å². The number of aryl methyl sites for hydroxylation is 1. The van der Waals surface area contributed by atoms with Gasteiger partial charge in [0.05, 0.1) is 0 Å². The zero-order chi connectivity index (χ0) is 18.1. The van der Waals surface area contributed by atoms with Crippen molar-refractivity contribution >= 4 is 5.96 Å². The van der Waals surface area contributed by atoms with Crippen LogP contribution in [-0.4, -0.2) is 43.6 Å². The van der Waals surface area contributed by atoms with E-state index in [1.165, 1.54) is 38.8 Å². The first-order valence-corrected chi connectivity index (χ1v) is 9.53. The molecule has 1 aliphatic heterocycles. The molecule has 1 fully saturated rings. The van der Waals surface area contributed by atoms with Gasteiger partial charge in [0.25, 0.3) is 0 Å². The van der Waals surface area contributed by atoms with Gasteiger partial charge in [-0.2, -0.15) is 0 Å². The van der Waals surface area contributed by atoms with E-state index in [2.05, 4.69) is 27.4 Å². The molecule has 1 aromatic carbocycles. The number of halogens is 1. The van der Waals surface area contributed by atoms with Crippen molar-refractivity contribution in [2.24, 2.45) is 4.99 Å². The highest BCUT2D eigenvalue weighted by Gasteiger charge is 2.16. The van der Waals surface area contributed by atoms with E-state index in [-0.39, 0.29) is 5.82 Å². The molecule has 0 radical (unpaired) electrons. The Labute approximate surface area is 151 Å². The zero-order valence-electron chi connectivity index (χ0n) is 15.9. The number of hydrogen-bond acceptors (Lipinski definition) is 2. The second-order valence-corrected chi connectivity index (χ2v) is 7.02. The summed E-state index contributed by atoms with van der Waals surface area (Å²) in [4.78, 5) is 6.85. The summed E-state index contributed by atoms with van der Waals surface area (Å²) in [6, 6.07) is 6.07. The molecule has 2 N–H and O–H groups in total. The van der Waals surface area contributed by atoms with Gasteiger partial charge in [0, 0.05) is 26.2 Å². The third kappa shape index (κ3) is 6.65. The fourth-order valence-corrected chi connectivity index (χ4v) is 3.29. The lowest BCUT2D eigenvalue weighted by Crippen LogP contribution is -2.39. The first kappa shape index (κ1) is 19.7. The Morgan fingerprint density at radius 2 is 2.12 bits per heavy atom. The van der Waals surface area contributed by atoms with Crippen LogP contribution in [0, 0.1) is 12.7 Å². The molecule has 0 amide bonds. The minimum absolute atomic E-state index is 0.158. The number of likely N-dealkylation sites (tertiary alicyclic amines) is 1. The highest BCUT2D eigenvalue weighted by molar-refractivity contribution is 5.79. The van der Waals surface area contributed by atoms with Crippen molar-refractivity contribution in [1.82, 2.24) is 15.5 Å². The number of benzene rings is 1. The van der Waals surface area contributed by atoms with Gasteiger partial charge in [0.2, 0.25) is 0 Å². The van der Waals surface area contributed by atoms with Gasteiger partial charge in [-0.3, -0.25) is 4.99 Å². The van der Waals surface area contributed by atoms with Gasteiger partial charge in [-0.15, -0.1) is 0 Å². The molecule has 1 saturated heterocycles. The Hall–Kier alpha value is -1.62. The highest BCUT2D eigenvalue weighted by Crippen LogP contribution is 2.16. The van der Waals surface area contributed by atoms with Crippen LogP contribution in [0.1, 0.15) is 50.2 Å². The number of nitrogens with one attached hydrogen (secondary N) is 2. The molecule has 0 bridgehead atoms. The van der Waals surface area contributed by atoms with Crippen molar-refractivity contribution < 1.29 is 4.39 Å². The van der Waals surface area contributed by atoms with Crippen LogP contribution in [-0.2, 0) is 6.54 Å². The average molecular weight is 349 g/mol. The molecule has 1 unspecified atom stereocenters. The fraction of sp³-hybridized carbons (Fsp3) is 0.650. The lowest BCUT2D eigenvalue weighted by Gasteiger charge is -2.33. The van der Waals surface area contributed by atoms with Crippen LogP contribution in [0.15, 0.2) is 23.2 Å². The fourth-order valence-electron chi connectivity index (χ4n) is 3.29. The van der Waals surface area contributed by atoms with Crippen LogP contribution in [0.25, 0.3) is 0 Å². The Morgan fingerprint density at radius 3 is 2.84 bits per heavy atom.